The maximum atomic E-state index is 9.54. The topological polar surface area (TPSA) is 124 Å². The van der Waals surface area contributed by atoms with Gasteiger partial charge in [0.1, 0.15) is 6.34 Å². The normalized spacial score (nSPS) is 12.5. The van der Waals surface area contributed by atoms with E-state index in [4.69, 9.17) is 11.5 Å². The Bertz CT molecular complexity index is 729. The first-order valence-corrected chi connectivity index (χ1v) is 7.64. The Kier molecular flexibility index (Phi) is 6.22. The SMILES string of the molecule is CC(C)(C#N)c1cc(CN=CN=CN)c(CN)c(C(C)(C)C#N)c1. The molecular formula is C18H24N6. The van der Waals surface area contributed by atoms with Crippen molar-refractivity contribution in [3.63, 3.8) is 0 Å². The zero-order chi connectivity index (χ0) is 18.4. The molecular weight excluding hydrogens is 300 g/mol. The standard InChI is InChI=1S/C18H24N6/c1-17(2,9-20)14-5-13(8-23-12-24-11-22)15(7-19)16(6-14)18(3,4)10-21/h5-6,11-12H,7-8,19H2,1-4H3,(H2,22,23,24). The Hall–Kier alpha value is -2.70. The van der Waals surface area contributed by atoms with Gasteiger partial charge in [-0.3, -0.25) is 4.99 Å². The number of nitrogens with zero attached hydrogens (tertiary/aromatic N) is 4. The highest BCUT2D eigenvalue weighted by Crippen LogP contribution is 2.34. The molecule has 6 nitrogen and oxygen atoms in total. The second-order valence-corrected chi connectivity index (χ2v) is 6.59. The summed E-state index contributed by atoms with van der Waals surface area (Å²) in [5.41, 5.74) is 13.2. The summed E-state index contributed by atoms with van der Waals surface area (Å²) in [5.74, 6) is 0. The van der Waals surface area contributed by atoms with Crippen molar-refractivity contribution in [1.29, 1.82) is 10.5 Å². The van der Waals surface area contributed by atoms with Crippen LogP contribution < -0.4 is 11.5 Å². The van der Waals surface area contributed by atoms with Gasteiger partial charge in [0.2, 0.25) is 0 Å². The Morgan fingerprint density at radius 3 is 2.25 bits per heavy atom. The maximum Gasteiger partial charge on any atom is 0.112 e. The van der Waals surface area contributed by atoms with E-state index < -0.39 is 10.8 Å². The molecule has 6 heteroatoms. The molecule has 0 fully saturated rings. The summed E-state index contributed by atoms with van der Waals surface area (Å²) in [4.78, 5) is 7.96. The van der Waals surface area contributed by atoms with E-state index in [2.05, 4.69) is 22.1 Å². The van der Waals surface area contributed by atoms with Crippen LogP contribution in [0.1, 0.15) is 49.9 Å². The summed E-state index contributed by atoms with van der Waals surface area (Å²) in [5, 5.41) is 19.0. The van der Waals surface area contributed by atoms with Crippen LogP contribution >= 0.6 is 0 Å². The number of rotatable bonds is 6. The number of nitrogens with two attached hydrogens (primary N) is 2. The largest absolute Gasteiger partial charge is 0.390 e. The van der Waals surface area contributed by atoms with Crippen LogP contribution in [0.25, 0.3) is 0 Å². The monoisotopic (exact) mass is 324 g/mol. The number of benzene rings is 1. The van der Waals surface area contributed by atoms with Gasteiger partial charge in [0.15, 0.2) is 0 Å². The Labute approximate surface area is 143 Å². The minimum absolute atomic E-state index is 0.290. The molecule has 1 rings (SSSR count). The lowest BCUT2D eigenvalue weighted by atomic mass is 9.76. The molecule has 24 heavy (non-hydrogen) atoms. The summed E-state index contributed by atoms with van der Waals surface area (Å²) in [7, 11) is 0. The van der Waals surface area contributed by atoms with Crippen molar-refractivity contribution in [2.24, 2.45) is 21.5 Å². The average molecular weight is 324 g/mol. The summed E-state index contributed by atoms with van der Waals surface area (Å²) in [6.07, 6.45) is 2.53. The Morgan fingerprint density at radius 2 is 1.75 bits per heavy atom. The van der Waals surface area contributed by atoms with Crippen molar-refractivity contribution in [1.82, 2.24) is 0 Å². The van der Waals surface area contributed by atoms with E-state index in [-0.39, 0.29) is 0 Å². The molecule has 0 unspecified atom stereocenters. The van der Waals surface area contributed by atoms with E-state index in [1.165, 1.54) is 6.34 Å². The molecule has 0 atom stereocenters. The van der Waals surface area contributed by atoms with Crippen LogP contribution in [0.15, 0.2) is 22.1 Å². The summed E-state index contributed by atoms with van der Waals surface area (Å²) in [6, 6.07) is 8.47. The third-order valence-electron chi connectivity index (χ3n) is 4.00. The predicted octanol–water partition coefficient (Wildman–Crippen LogP) is 2.26. The summed E-state index contributed by atoms with van der Waals surface area (Å²) in [6.45, 7) is 8.03. The van der Waals surface area contributed by atoms with Gasteiger partial charge in [-0.15, -0.1) is 0 Å². The minimum Gasteiger partial charge on any atom is -0.390 e. The molecule has 1 aromatic carbocycles. The molecule has 0 bridgehead atoms. The minimum atomic E-state index is -0.718. The van der Waals surface area contributed by atoms with Crippen LogP contribution in [0, 0.1) is 22.7 Å². The van der Waals surface area contributed by atoms with Crippen molar-refractivity contribution in [2.75, 3.05) is 0 Å². The van der Waals surface area contributed by atoms with Crippen LogP contribution in [0.3, 0.4) is 0 Å². The Morgan fingerprint density at radius 1 is 1.12 bits per heavy atom. The van der Waals surface area contributed by atoms with Crippen LogP contribution in [0.5, 0.6) is 0 Å². The van der Waals surface area contributed by atoms with E-state index in [0.717, 1.165) is 28.6 Å². The summed E-state index contributed by atoms with van der Waals surface area (Å²) >= 11 is 0. The van der Waals surface area contributed by atoms with Crippen LogP contribution in [0.4, 0.5) is 0 Å². The molecule has 0 amide bonds. The maximum absolute atomic E-state index is 9.54. The first-order chi connectivity index (χ1) is 11.2. The van der Waals surface area contributed by atoms with Crippen molar-refractivity contribution < 1.29 is 0 Å². The third-order valence-corrected chi connectivity index (χ3v) is 4.00. The van der Waals surface area contributed by atoms with Crippen LogP contribution in [0.2, 0.25) is 0 Å². The molecule has 0 aliphatic carbocycles. The lowest BCUT2D eigenvalue weighted by Crippen LogP contribution is -2.23. The van der Waals surface area contributed by atoms with E-state index in [1.807, 2.05) is 39.8 Å². The molecule has 0 aliphatic heterocycles. The molecule has 0 saturated heterocycles. The molecule has 4 N–H and O–H groups in total. The molecule has 126 valence electrons. The molecule has 1 aromatic rings. The highest BCUT2D eigenvalue weighted by molar-refractivity contribution is 5.69. The van der Waals surface area contributed by atoms with Gasteiger partial charge in [-0.05, 0) is 49.9 Å². The first kappa shape index (κ1) is 19.3. The highest BCUT2D eigenvalue weighted by Gasteiger charge is 2.29. The second kappa shape index (κ2) is 7.72. The molecule has 0 aliphatic rings. The van der Waals surface area contributed by atoms with Gasteiger partial charge in [-0.25, -0.2) is 4.99 Å². The fraction of sp³-hybridized carbons (Fsp3) is 0.444. The molecule has 0 saturated carbocycles. The second-order valence-electron chi connectivity index (χ2n) is 6.59. The molecule has 0 aromatic heterocycles. The van der Waals surface area contributed by atoms with E-state index >= 15 is 0 Å². The van der Waals surface area contributed by atoms with Crippen LogP contribution in [-0.2, 0) is 23.9 Å². The van der Waals surface area contributed by atoms with Gasteiger partial charge in [0.05, 0.1) is 35.9 Å². The quantitative estimate of drug-likeness (QED) is 0.615. The first-order valence-electron chi connectivity index (χ1n) is 7.64. The van der Waals surface area contributed by atoms with Gasteiger partial charge in [0, 0.05) is 6.54 Å². The lowest BCUT2D eigenvalue weighted by Gasteiger charge is -2.26. The van der Waals surface area contributed by atoms with Gasteiger partial charge < -0.3 is 11.5 Å². The van der Waals surface area contributed by atoms with Gasteiger partial charge >= 0.3 is 0 Å². The third kappa shape index (κ3) is 4.18. The summed E-state index contributed by atoms with van der Waals surface area (Å²) < 4.78 is 0. The smallest absolute Gasteiger partial charge is 0.112 e. The fourth-order valence-electron chi connectivity index (χ4n) is 2.38. The van der Waals surface area contributed by atoms with Crippen molar-refractivity contribution in [2.45, 2.75) is 51.6 Å². The van der Waals surface area contributed by atoms with E-state index in [1.54, 1.807) is 0 Å². The molecule has 0 spiro atoms. The average Bonchev–Trinajstić information content (AvgIpc) is 2.57. The van der Waals surface area contributed by atoms with Gasteiger partial charge in [-0.2, -0.15) is 10.5 Å². The van der Waals surface area contributed by atoms with Gasteiger partial charge in [-0.1, -0.05) is 12.1 Å². The fourth-order valence-corrected chi connectivity index (χ4v) is 2.38. The van der Waals surface area contributed by atoms with Crippen molar-refractivity contribution in [3.05, 3.63) is 34.4 Å². The van der Waals surface area contributed by atoms with E-state index in [9.17, 15) is 10.5 Å². The number of hydrogen-bond acceptors (Lipinski definition) is 4. The lowest BCUT2D eigenvalue weighted by molar-refractivity contribution is 0.649. The van der Waals surface area contributed by atoms with Crippen molar-refractivity contribution >= 4 is 12.7 Å². The van der Waals surface area contributed by atoms with Crippen LogP contribution in [-0.4, -0.2) is 12.7 Å². The molecule has 0 heterocycles. The van der Waals surface area contributed by atoms with E-state index in [0.29, 0.717) is 13.1 Å². The molecule has 0 radical (unpaired) electrons. The number of hydrogen-bond donors (Lipinski definition) is 2. The number of aliphatic imine (C=N–C) groups is 2. The van der Waals surface area contributed by atoms with Crippen molar-refractivity contribution in [3.8, 4) is 12.1 Å². The predicted molar refractivity (Wildman–Crippen MR) is 96.5 cm³/mol. The van der Waals surface area contributed by atoms with Gasteiger partial charge in [0.25, 0.3) is 0 Å². The zero-order valence-corrected chi connectivity index (χ0v) is 14.7. The Balaban J connectivity index is 3.61. The highest BCUT2D eigenvalue weighted by atomic mass is 14.9. The zero-order valence-electron chi connectivity index (χ0n) is 14.7. The number of nitriles is 2.